The molecular weight excluding hydrogens is 322 g/mol. The van der Waals surface area contributed by atoms with Crippen molar-refractivity contribution in [2.75, 3.05) is 32.7 Å². The van der Waals surface area contributed by atoms with Crippen LogP contribution in [0.5, 0.6) is 0 Å². The van der Waals surface area contributed by atoms with Crippen LogP contribution < -0.4 is 5.32 Å². The number of aromatic nitrogens is 2. The van der Waals surface area contributed by atoms with Crippen LogP contribution >= 0.6 is 0 Å². The molecule has 0 saturated carbocycles. The summed E-state index contributed by atoms with van der Waals surface area (Å²) in [4.78, 5) is 16.4. The Kier molecular flexibility index (Phi) is 5.83. The Balaban J connectivity index is 1.43. The maximum atomic E-state index is 12.0. The smallest absolute Gasteiger partial charge is 0.283 e. The fourth-order valence-corrected chi connectivity index (χ4v) is 2.74. The Labute approximate surface area is 147 Å². The first-order valence-electron chi connectivity index (χ1n) is 8.74. The molecule has 0 aromatic carbocycles. The molecule has 2 aromatic heterocycles. The van der Waals surface area contributed by atoms with Crippen molar-refractivity contribution in [1.82, 2.24) is 25.3 Å². The van der Waals surface area contributed by atoms with E-state index in [1.54, 1.807) is 18.4 Å². The van der Waals surface area contributed by atoms with Gasteiger partial charge in [0.2, 0.25) is 11.8 Å². The molecule has 2 aromatic rings. The summed E-state index contributed by atoms with van der Waals surface area (Å²) in [5, 5.41) is 11.1. The first-order valence-corrected chi connectivity index (χ1v) is 8.74. The average molecular weight is 347 g/mol. The van der Waals surface area contributed by atoms with Crippen molar-refractivity contribution in [3.05, 3.63) is 24.3 Å². The molecule has 1 aliphatic heterocycles. The van der Waals surface area contributed by atoms with E-state index >= 15 is 0 Å². The van der Waals surface area contributed by atoms with Gasteiger partial charge in [-0.2, -0.15) is 0 Å². The van der Waals surface area contributed by atoms with Gasteiger partial charge in [0.15, 0.2) is 5.76 Å². The van der Waals surface area contributed by atoms with Gasteiger partial charge in [-0.25, -0.2) is 0 Å². The Bertz CT molecular complexity index is 662. The molecule has 1 saturated heterocycles. The minimum Gasteiger partial charge on any atom is -0.459 e. The molecule has 8 nitrogen and oxygen atoms in total. The maximum Gasteiger partial charge on any atom is 0.283 e. The third-order valence-electron chi connectivity index (χ3n) is 4.41. The Morgan fingerprint density at radius 3 is 2.72 bits per heavy atom. The van der Waals surface area contributed by atoms with Crippen LogP contribution in [0.2, 0.25) is 0 Å². The Morgan fingerprint density at radius 2 is 2.04 bits per heavy atom. The van der Waals surface area contributed by atoms with Crippen molar-refractivity contribution >= 4 is 5.91 Å². The summed E-state index contributed by atoms with van der Waals surface area (Å²) in [5.41, 5.74) is 0. The second kappa shape index (κ2) is 8.26. The number of carbonyl (C=O) groups excluding carboxylic acids is 1. The third kappa shape index (κ3) is 4.90. The van der Waals surface area contributed by atoms with E-state index in [0.29, 0.717) is 30.6 Å². The lowest BCUT2D eigenvalue weighted by Crippen LogP contribution is -2.49. The first-order chi connectivity index (χ1) is 12.1. The number of hydrogen-bond acceptors (Lipinski definition) is 7. The van der Waals surface area contributed by atoms with Gasteiger partial charge in [0, 0.05) is 32.2 Å². The summed E-state index contributed by atoms with van der Waals surface area (Å²) < 4.78 is 10.9. The van der Waals surface area contributed by atoms with Crippen molar-refractivity contribution in [3.8, 4) is 11.7 Å². The van der Waals surface area contributed by atoms with Crippen molar-refractivity contribution in [3.63, 3.8) is 0 Å². The zero-order valence-corrected chi connectivity index (χ0v) is 14.8. The van der Waals surface area contributed by atoms with Crippen LogP contribution in [0.1, 0.15) is 26.2 Å². The van der Waals surface area contributed by atoms with Crippen molar-refractivity contribution in [2.45, 2.75) is 32.9 Å². The fraction of sp³-hybridized carbons (Fsp3) is 0.588. The number of carbonyl (C=O) groups is 1. The van der Waals surface area contributed by atoms with E-state index < -0.39 is 0 Å². The molecular formula is C17H25N5O3. The largest absolute Gasteiger partial charge is 0.459 e. The lowest BCUT2D eigenvalue weighted by molar-refractivity contribution is -0.123. The minimum atomic E-state index is 0.0998. The van der Waals surface area contributed by atoms with Gasteiger partial charge in [-0.05, 0) is 25.5 Å². The second-order valence-corrected chi connectivity index (χ2v) is 6.41. The molecule has 0 radical (unpaired) electrons. The summed E-state index contributed by atoms with van der Waals surface area (Å²) in [7, 11) is 0. The van der Waals surface area contributed by atoms with Crippen LogP contribution in [0.3, 0.4) is 0 Å². The van der Waals surface area contributed by atoms with Gasteiger partial charge >= 0.3 is 0 Å². The standard InChI is InChI=1S/C17H25N5O3/c1-3-13(2)18-15(23)11-21-6-8-22(9-7-21)12-16-19-20-17(25-16)14-5-4-10-24-14/h4-5,10,13H,3,6-9,11-12H2,1-2H3,(H,18,23). The van der Waals surface area contributed by atoms with Crippen LogP contribution in [-0.4, -0.2) is 64.7 Å². The van der Waals surface area contributed by atoms with Gasteiger partial charge < -0.3 is 14.2 Å². The molecule has 3 heterocycles. The van der Waals surface area contributed by atoms with Crippen molar-refractivity contribution in [2.24, 2.45) is 0 Å². The Morgan fingerprint density at radius 1 is 1.28 bits per heavy atom. The lowest BCUT2D eigenvalue weighted by Gasteiger charge is -2.33. The molecule has 25 heavy (non-hydrogen) atoms. The van der Waals surface area contributed by atoms with Crippen LogP contribution in [0.25, 0.3) is 11.7 Å². The molecule has 1 amide bonds. The van der Waals surface area contributed by atoms with E-state index in [-0.39, 0.29) is 11.9 Å². The van der Waals surface area contributed by atoms with Gasteiger partial charge in [0.1, 0.15) is 0 Å². The summed E-state index contributed by atoms with van der Waals surface area (Å²) >= 11 is 0. The zero-order valence-electron chi connectivity index (χ0n) is 14.8. The van der Waals surface area contributed by atoms with Gasteiger partial charge in [-0.1, -0.05) is 6.92 Å². The van der Waals surface area contributed by atoms with E-state index in [1.165, 1.54) is 0 Å². The van der Waals surface area contributed by atoms with Gasteiger partial charge in [0.25, 0.3) is 5.89 Å². The number of nitrogens with one attached hydrogen (secondary N) is 1. The minimum absolute atomic E-state index is 0.0998. The average Bonchev–Trinajstić information content (AvgIpc) is 3.27. The van der Waals surface area contributed by atoms with Crippen LogP contribution in [0.4, 0.5) is 0 Å². The van der Waals surface area contributed by atoms with E-state index in [1.807, 2.05) is 6.92 Å². The normalized spacial score (nSPS) is 17.5. The molecule has 0 spiro atoms. The van der Waals surface area contributed by atoms with Gasteiger partial charge in [0.05, 0.1) is 19.4 Å². The SMILES string of the molecule is CCC(C)NC(=O)CN1CCN(Cc2nnc(-c3ccco3)o2)CC1. The predicted octanol–water partition coefficient (Wildman–Crippen LogP) is 1.36. The van der Waals surface area contributed by atoms with Crippen LogP contribution in [-0.2, 0) is 11.3 Å². The quantitative estimate of drug-likeness (QED) is 0.809. The van der Waals surface area contributed by atoms with Crippen LogP contribution in [0, 0.1) is 0 Å². The van der Waals surface area contributed by atoms with E-state index in [0.717, 1.165) is 32.6 Å². The fourth-order valence-electron chi connectivity index (χ4n) is 2.74. The molecule has 1 fully saturated rings. The number of amides is 1. The topological polar surface area (TPSA) is 87.6 Å². The third-order valence-corrected chi connectivity index (χ3v) is 4.41. The summed E-state index contributed by atoms with van der Waals surface area (Å²) in [6.07, 6.45) is 2.53. The van der Waals surface area contributed by atoms with Crippen molar-refractivity contribution < 1.29 is 13.6 Å². The monoisotopic (exact) mass is 347 g/mol. The number of rotatable bonds is 7. The predicted molar refractivity (Wildman–Crippen MR) is 91.6 cm³/mol. The molecule has 1 aliphatic rings. The molecule has 1 unspecified atom stereocenters. The highest BCUT2D eigenvalue weighted by Gasteiger charge is 2.21. The van der Waals surface area contributed by atoms with E-state index in [2.05, 4.69) is 32.2 Å². The van der Waals surface area contributed by atoms with Crippen LogP contribution in [0.15, 0.2) is 27.2 Å². The Hall–Kier alpha value is -2.19. The molecule has 1 N–H and O–H groups in total. The van der Waals surface area contributed by atoms with Gasteiger partial charge in [-0.3, -0.25) is 14.6 Å². The number of nitrogens with zero attached hydrogens (tertiary/aromatic N) is 4. The molecule has 0 aliphatic carbocycles. The maximum absolute atomic E-state index is 12.0. The molecule has 3 rings (SSSR count). The highest BCUT2D eigenvalue weighted by molar-refractivity contribution is 5.78. The molecule has 1 atom stereocenters. The summed E-state index contributed by atoms with van der Waals surface area (Å²) in [6.45, 7) is 8.61. The molecule has 136 valence electrons. The highest BCUT2D eigenvalue weighted by atomic mass is 16.4. The van der Waals surface area contributed by atoms with E-state index in [4.69, 9.17) is 8.83 Å². The number of hydrogen-bond donors (Lipinski definition) is 1. The first kappa shape index (κ1) is 17.6. The van der Waals surface area contributed by atoms with Crippen molar-refractivity contribution in [1.29, 1.82) is 0 Å². The molecule has 8 heteroatoms. The lowest BCUT2D eigenvalue weighted by atomic mass is 10.2. The number of piperazine rings is 1. The zero-order chi connectivity index (χ0) is 17.6. The number of furan rings is 1. The second-order valence-electron chi connectivity index (χ2n) is 6.41. The summed E-state index contributed by atoms with van der Waals surface area (Å²) in [5.74, 6) is 1.66. The molecule has 0 bridgehead atoms. The highest BCUT2D eigenvalue weighted by Crippen LogP contribution is 2.18. The van der Waals surface area contributed by atoms with Gasteiger partial charge in [-0.15, -0.1) is 10.2 Å². The summed E-state index contributed by atoms with van der Waals surface area (Å²) in [6, 6.07) is 3.81. The van der Waals surface area contributed by atoms with E-state index in [9.17, 15) is 4.79 Å².